The fourth-order valence-corrected chi connectivity index (χ4v) is 6.88. The monoisotopic (exact) mass is 576 g/mol. The Balaban J connectivity index is 1.23. The fourth-order valence-electron chi connectivity index (χ4n) is 6.88. The molecule has 0 saturated carbocycles. The van der Waals surface area contributed by atoms with E-state index in [0.717, 1.165) is 5.52 Å². The molecule has 12 heteroatoms. The van der Waals surface area contributed by atoms with Gasteiger partial charge in [0.15, 0.2) is 0 Å². The first-order chi connectivity index (χ1) is 20.5. The predicted octanol–water partition coefficient (Wildman–Crippen LogP) is 2.08. The molecule has 5 atom stereocenters. The van der Waals surface area contributed by atoms with Crippen molar-refractivity contribution in [2.45, 2.75) is 63.4 Å². The molecule has 3 aromatic rings. The van der Waals surface area contributed by atoms with Crippen LogP contribution in [-0.2, 0) is 25.8 Å². The molecule has 3 N–H and O–H groups in total. The Morgan fingerprint density at radius 2 is 1.93 bits per heavy atom. The lowest BCUT2D eigenvalue weighted by Gasteiger charge is -2.33. The molecule has 3 fully saturated rings. The van der Waals surface area contributed by atoms with E-state index < -0.39 is 29.6 Å². The van der Waals surface area contributed by atoms with Gasteiger partial charge in [-0.3, -0.25) is 14.4 Å². The highest BCUT2D eigenvalue weighted by Crippen LogP contribution is 2.58. The van der Waals surface area contributed by atoms with Crippen LogP contribution in [0.4, 0.5) is 5.69 Å². The molecule has 2 unspecified atom stereocenters. The lowest BCUT2D eigenvalue weighted by Crippen LogP contribution is -2.55. The van der Waals surface area contributed by atoms with Gasteiger partial charge in [0.1, 0.15) is 29.6 Å². The Morgan fingerprint density at radius 3 is 2.71 bits per heavy atom. The number of aliphatic hydroxyl groups excluding tert-OH is 1. The van der Waals surface area contributed by atoms with Crippen molar-refractivity contribution in [2.75, 3.05) is 25.1 Å². The average molecular weight is 577 g/mol. The molecule has 12 nitrogen and oxygen atoms in total. The molecule has 3 aliphatic rings. The SMILES string of the molecule is CCOc1ccc(NC(=O)[C@@H]2[C@H]3C(=O)N(CCCCCO)C(C(=O)NCn4nnc5ccccc54)C34CC[C@H]2O4)cc1. The van der Waals surface area contributed by atoms with Gasteiger partial charge in [0.2, 0.25) is 17.7 Å². The Hall–Kier alpha value is -4.03. The number of amides is 3. The van der Waals surface area contributed by atoms with Crippen LogP contribution in [0.1, 0.15) is 39.0 Å². The standard InChI is InChI=1S/C30H36N6O6/c1-2-41-20-12-10-19(11-13-20)32-27(38)24-23-14-15-30(42-23)25(24)29(40)35(16-6-3-7-17-37)26(30)28(39)31-18-36-22-9-5-4-8-21(22)33-34-36/h4-5,8-13,23-26,37H,2-3,6-7,14-18H2,1H3,(H,31,39)(H,32,38)/t23-,24+,25+,26?,30?/m1/s1. The van der Waals surface area contributed by atoms with Crippen LogP contribution in [0.15, 0.2) is 48.5 Å². The highest BCUT2D eigenvalue weighted by Gasteiger charge is 2.74. The van der Waals surface area contributed by atoms with Gasteiger partial charge in [-0.05, 0) is 75.4 Å². The second-order valence-electron chi connectivity index (χ2n) is 11.1. The van der Waals surface area contributed by atoms with Crippen molar-refractivity contribution in [1.82, 2.24) is 25.2 Å². The van der Waals surface area contributed by atoms with Gasteiger partial charge in [0, 0.05) is 18.8 Å². The molecule has 1 aromatic heterocycles. The lowest BCUT2D eigenvalue weighted by atomic mass is 9.70. The largest absolute Gasteiger partial charge is 0.494 e. The molecule has 2 aromatic carbocycles. The Morgan fingerprint density at radius 1 is 1.12 bits per heavy atom. The van der Waals surface area contributed by atoms with Crippen LogP contribution in [-0.4, -0.2) is 80.2 Å². The van der Waals surface area contributed by atoms with Crippen LogP contribution in [0.2, 0.25) is 0 Å². The molecule has 222 valence electrons. The number of fused-ring (bicyclic) bond motifs is 2. The van der Waals surface area contributed by atoms with Crippen LogP contribution in [0.3, 0.4) is 0 Å². The minimum Gasteiger partial charge on any atom is -0.494 e. The summed E-state index contributed by atoms with van der Waals surface area (Å²) in [7, 11) is 0. The Kier molecular flexibility index (Phi) is 7.82. The normalized spacial score (nSPS) is 26.0. The molecule has 3 aliphatic heterocycles. The van der Waals surface area contributed by atoms with Crippen LogP contribution < -0.4 is 15.4 Å². The van der Waals surface area contributed by atoms with Crippen molar-refractivity contribution in [3.05, 3.63) is 48.5 Å². The van der Waals surface area contributed by atoms with E-state index in [-0.39, 0.29) is 31.0 Å². The molecule has 4 heterocycles. The molecule has 0 aliphatic carbocycles. The summed E-state index contributed by atoms with van der Waals surface area (Å²) in [6.07, 6.45) is 2.59. The Bertz CT molecular complexity index is 1460. The van der Waals surface area contributed by atoms with E-state index in [2.05, 4.69) is 20.9 Å². The maximum atomic E-state index is 14.0. The first-order valence-electron chi connectivity index (χ1n) is 14.7. The van der Waals surface area contributed by atoms with E-state index in [4.69, 9.17) is 9.47 Å². The van der Waals surface area contributed by atoms with E-state index in [1.807, 2.05) is 31.2 Å². The van der Waals surface area contributed by atoms with Gasteiger partial charge in [-0.1, -0.05) is 17.3 Å². The van der Waals surface area contributed by atoms with E-state index in [9.17, 15) is 19.5 Å². The summed E-state index contributed by atoms with van der Waals surface area (Å²) in [5.41, 5.74) is 1.00. The quantitative estimate of drug-likeness (QED) is 0.278. The van der Waals surface area contributed by atoms with Crippen molar-refractivity contribution >= 4 is 34.4 Å². The molecule has 2 bridgehead atoms. The second-order valence-corrected chi connectivity index (χ2v) is 11.1. The minimum atomic E-state index is -1.09. The molecular weight excluding hydrogens is 540 g/mol. The first-order valence-corrected chi connectivity index (χ1v) is 14.7. The van der Waals surface area contributed by atoms with Crippen LogP contribution in [0.25, 0.3) is 11.0 Å². The number of hydrogen-bond acceptors (Lipinski definition) is 8. The zero-order valence-corrected chi connectivity index (χ0v) is 23.6. The van der Waals surface area contributed by atoms with Crippen molar-refractivity contribution in [2.24, 2.45) is 11.8 Å². The number of ether oxygens (including phenoxy) is 2. The van der Waals surface area contributed by atoms with E-state index in [1.165, 1.54) is 0 Å². The van der Waals surface area contributed by atoms with Crippen molar-refractivity contribution in [3.8, 4) is 5.75 Å². The maximum absolute atomic E-state index is 14.0. The summed E-state index contributed by atoms with van der Waals surface area (Å²) >= 11 is 0. The number of carbonyl (C=O) groups is 3. The number of nitrogens with one attached hydrogen (secondary N) is 2. The number of anilines is 1. The summed E-state index contributed by atoms with van der Waals surface area (Å²) in [5, 5.41) is 23.4. The maximum Gasteiger partial charge on any atom is 0.247 e. The molecular formula is C30H36N6O6. The number of carbonyl (C=O) groups excluding carboxylic acids is 3. The van der Waals surface area contributed by atoms with Gasteiger partial charge < -0.3 is 30.1 Å². The number of likely N-dealkylation sites (tertiary alicyclic amines) is 1. The van der Waals surface area contributed by atoms with Crippen molar-refractivity contribution in [1.29, 1.82) is 0 Å². The summed E-state index contributed by atoms with van der Waals surface area (Å²) in [4.78, 5) is 43.2. The minimum absolute atomic E-state index is 0.0644. The Labute approximate surface area is 243 Å². The summed E-state index contributed by atoms with van der Waals surface area (Å²) in [5.74, 6) is -1.65. The number of unbranched alkanes of at least 4 members (excludes halogenated alkanes) is 2. The third-order valence-corrected chi connectivity index (χ3v) is 8.66. The van der Waals surface area contributed by atoms with Gasteiger partial charge in [0.25, 0.3) is 0 Å². The molecule has 3 saturated heterocycles. The van der Waals surface area contributed by atoms with Crippen LogP contribution in [0.5, 0.6) is 5.75 Å². The lowest BCUT2D eigenvalue weighted by molar-refractivity contribution is -0.141. The van der Waals surface area contributed by atoms with Crippen molar-refractivity contribution in [3.63, 3.8) is 0 Å². The summed E-state index contributed by atoms with van der Waals surface area (Å²) in [6, 6.07) is 13.7. The average Bonchev–Trinajstić information content (AvgIpc) is 3.75. The molecule has 3 amide bonds. The topological polar surface area (TPSA) is 148 Å². The zero-order chi connectivity index (χ0) is 29.3. The van der Waals surface area contributed by atoms with Crippen molar-refractivity contribution < 1.29 is 29.0 Å². The van der Waals surface area contributed by atoms with E-state index >= 15 is 0 Å². The number of aromatic nitrogens is 3. The van der Waals surface area contributed by atoms with Gasteiger partial charge in [-0.25, -0.2) is 4.68 Å². The zero-order valence-electron chi connectivity index (χ0n) is 23.6. The number of hydrogen-bond donors (Lipinski definition) is 3. The summed E-state index contributed by atoms with van der Waals surface area (Å²) in [6.45, 7) is 2.92. The van der Waals surface area contributed by atoms with Gasteiger partial charge >= 0.3 is 0 Å². The van der Waals surface area contributed by atoms with Gasteiger partial charge in [-0.15, -0.1) is 5.10 Å². The highest BCUT2D eigenvalue weighted by molar-refractivity contribution is 6.02. The van der Waals surface area contributed by atoms with Gasteiger partial charge in [-0.2, -0.15) is 0 Å². The summed E-state index contributed by atoms with van der Waals surface area (Å²) < 4.78 is 13.6. The first kappa shape index (κ1) is 28.1. The van der Waals surface area contributed by atoms with Crippen LogP contribution >= 0.6 is 0 Å². The number of para-hydroxylation sites is 1. The third-order valence-electron chi connectivity index (χ3n) is 8.66. The fraction of sp³-hybridized carbons (Fsp3) is 0.500. The molecule has 0 radical (unpaired) electrons. The van der Waals surface area contributed by atoms with Crippen LogP contribution in [0, 0.1) is 11.8 Å². The number of aliphatic hydroxyl groups is 1. The number of nitrogens with zero attached hydrogens (tertiary/aromatic N) is 4. The molecule has 1 spiro atoms. The van der Waals surface area contributed by atoms with E-state index in [1.54, 1.807) is 33.8 Å². The third kappa shape index (κ3) is 4.88. The number of rotatable bonds is 12. The second kappa shape index (κ2) is 11.7. The smallest absolute Gasteiger partial charge is 0.247 e. The number of benzene rings is 2. The molecule has 42 heavy (non-hydrogen) atoms. The van der Waals surface area contributed by atoms with Gasteiger partial charge in [0.05, 0.1) is 30.1 Å². The molecule has 6 rings (SSSR count). The van der Waals surface area contributed by atoms with E-state index in [0.29, 0.717) is 62.2 Å². The highest BCUT2D eigenvalue weighted by atomic mass is 16.5. The predicted molar refractivity (Wildman–Crippen MR) is 152 cm³/mol.